The van der Waals surface area contributed by atoms with Crippen molar-refractivity contribution in [2.75, 3.05) is 21.1 Å². The fraction of sp³-hybridized carbons (Fsp3) is 0.429. The van der Waals surface area contributed by atoms with Crippen LogP contribution in [0.2, 0.25) is 0 Å². The van der Waals surface area contributed by atoms with Gasteiger partial charge in [-0.15, -0.1) is 0 Å². The highest BCUT2D eigenvalue weighted by atomic mass is 15.3. The third-order valence-electron chi connectivity index (χ3n) is 2.91. The Morgan fingerprint density at radius 2 is 1.88 bits per heavy atom. The van der Waals surface area contributed by atoms with Crippen LogP contribution in [0.5, 0.6) is 0 Å². The first kappa shape index (κ1) is 11.2. The van der Waals surface area contributed by atoms with Gasteiger partial charge in [-0.25, -0.2) is 0 Å². The lowest BCUT2D eigenvalue weighted by Gasteiger charge is -2.23. The van der Waals surface area contributed by atoms with Crippen molar-refractivity contribution in [3.8, 4) is 0 Å². The minimum atomic E-state index is 0.966. The van der Waals surface area contributed by atoms with Crippen molar-refractivity contribution in [2.24, 2.45) is 0 Å². The summed E-state index contributed by atoms with van der Waals surface area (Å²) >= 11 is 0. The van der Waals surface area contributed by atoms with Crippen LogP contribution in [0.3, 0.4) is 0 Å². The van der Waals surface area contributed by atoms with Crippen molar-refractivity contribution < 1.29 is 4.48 Å². The maximum absolute atomic E-state index is 2.31. The predicted molar refractivity (Wildman–Crippen MR) is 68.6 cm³/mol. The molecule has 2 nitrogen and oxygen atoms in total. The van der Waals surface area contributed by atoms with E-state index in [0.717, 1.165) is 11.0 Å². The molecule has 0 saturated heterocycles. The first-order valence-corrected chi connectivity index (χ1v) is 5.75. The number of rotatable bonds is 2. The first-order valence-electron chi connectivity index (χ1n) is 5.75. The average Bonchev–Trinajstić information content (AvgIpc) is 2.42. The van der Waals surface area contributed by atoms with E-state index in [4.69, 9.17) is 0 Å². The van der Waals surface area contributed by atoms with E-state index in [1.165, 1.54) is 22.3 Å². The van der Waals surface area contributed by atoms with Gasteiger partial charge < -0.3 is 8.88 Å². The van der Waals surface area contributed by atoms with Gasteiger partial charge in [0.15, 0.2) is 0 Å². The molecule has 0 saturated carbocycles. The second kappa shape index (κ2) is 3.63. The van der Waals surface area contributed by atoms with Crippen molar-refractivity contribution in [2.45, 2.75) is 20.4 Å². The molecule has 0 amide bonds. The summed E-state index contributed by atoms with van der Waals surface area (Å²) in [6.07, 6.45) is 2.15. The summed E-state index contributed by atoms with van der Waals surface area (Å²) in [6.45, 7) is 5.43. The Labute approximate surface area is 97.7 Å². The molecule has 0 N–H and O–H groups in total. The smallest absolute Gasteiger partial charge is 0.106 e. The largest absolute Gasteiger partial charge is 0.327 e. The molecule has 86 valence electrons. The van der Waals surface area contributed by atoms with Gasteiger partial charge >= 0.3 is 0 Å². The molecule has 0 radical (unpaired) electrons. The van der Waals surface area contributed by atoms with Gasteiger partial charge in [0.2, 0.25) is 0 Å². The number of aryl methyl sites for hydroxylation is 2. The van der Waals surface area contributed by atoms with Crippen LogP contribution in [0.15, 0.2) is 24.4 Å². The second-order valence-corrected chi connectivity index (χ2v) is 5.67. The van der Waals surface area contributed by atoms with E-state index >= 15 is 0 Å². The molecule has 2 heterocycles. The Bertz CT molecular complexity index is 515. The van der Waals surface area contributed by atoms with Crippen LogP contribution in [0, 0.1) is 13.8 Å². The molecule has 0 unspecified atom stereocenters. The number of hydrogen-bond donors (Lipinski definition) is 0. The summed E-state index contributed by atoms with van der Waals surface area (Å²) in [5, 5.41) is 0. The zero-order valence-corrected chi connectivity index (χ0v) is 10.9. The van der Waals surface area contributed by atoms with Crippen LogP contribution < -0.4 is 0 Å². The van der Waals surface area contributed by atoms with Gasteiger partial charge in [0.05, 0.1) is 26.7 Å². The molecule has 0 fully saturated rings. The van der Waals surface area contributed by atoms with E-state index in [1.807, 2.05) is 0 Å². The first-order chi connectivity index (χ1) is 7.38. The third kappa shape index (κ3) is 1.98. The zero-order chi connectivity index (χ0) is 11.9. The summed E-state index contributed by atoms with van der Waals surface area (Å²) in [4.78, 5) is 0. The highest BCUT2D eigenvalue weighted by molar-refractivity contribution is 5.62. The number of quaternary nitrogens is 1. The Balaban J connectivity index is 2.62. The molecule has 2 aromatic rings. The van der Waals surface area contributed by atoms with Gasteiger partial charge in [0.1, 0.15) is 6.54 Å². The maximum atomic E-state index is 2.31. The van der Waals surface area contributed by atoms with Crippen molar-refractivity contribution in [3.05, 3.63) is 41.2 Å². The predicted octanol–water partition coefficient (Wildman–Crippen LogP) is 2.76. The molecule has 0 aromatic carbocycles. The standard InChI is InChI=1S/C14H21N2/c1-11-7-6-8-15-12(2)9-13(14(11)15)10-16(3,4)5/h6-9H,10H2,1-5H3/q+1. The van der Waals surface area contributed by atoms with E-state index in [9.17, 15) is 0 Å². The van der Waals surface area contributed by atoms with E-state index < -0.39 is 0 Å². The van der Waals surface area contributed by atoms with E-state index in [1.54, 1.807) is 0 Å². The molecule has 0 atom stereocenters. The Kier molecular flexibility index (Phi) is 2.55. The lowest BCUT2D eigenvalue weighted by atomic mass is 10.1. The number of aromatic nitrogens is 1. The molecule has 0 aliphatic heterocycles. The van der Waals surface area contributed by atoms with E-state index in [0.29, 0.717) is 0 Å². The molecule has 0 spiro atoms. The van der Waals surface area contributed by atoms with Crippen LogP contribution in [-0.4, -0.2) is 30.0 Å². The zero-order valence-electron chi connectivity index (χ0n) is 10.9. The number of fused-ring (bicyclic) bond motifs is 1. The lowest BCUT2D eigenvalue weighted by molar-refractivity contribution is -0.883. The number of pyridine rings is 1. The molecule has 16 heavy (non-hydrogen) atoms. The van der Waals surface area contributed by atoms with Crippen molar-refractivity contribution in [1.29, 1.82) is 0 Å². The Morgan fingerprint density at radius 3 is 2.50 bits per heavy atom. The van der Waals surface area contributed by atoms with Crippen molar-refractivity contribution in [1.82, 2.24) is 4.40 Å². The minimum Gasteiger partial charge on any atom is -0.327 e. The Morgan fingerprint density at radius 1 is 1.19 bits per heavy atom. The summed E-state index contributed by atoms with van der Waals surface area (Å²) in [5.74, 6) is 0. The van der Waals surface area contributed by atoms with E-state index in [-0.39, 0.29) is 0 Å². The second-order valence-electron chi connectivity index (χ2n) is 5.67. The van der Waals surface area contributed by atoms with E-state index in [2.05, 4.69) is 63.8 Å². The fourth-order valence-corrected chi connectivity index (χ4v) is 2.34. The molecule has 2 aromatic heterocycles. The van der Waals surface area contributed by atoms with Gasteiger partial charge in [0.25, 0.3) is 0 Å². The molecule has 2 heteroatoms. The molecule has 2 rings (SSSR count). The fourth-order valence-electron chi connectivity index (χ4n) is 2.34. The summed E-state index contributed by atoms with van der Waals surface area (Å²) in [7, 11) is 6.70. The quantitative estimate of drug-likeness (QED) is 0.681. The number of nitrogens with zero attached hydrogens (tertiary/aromatic N) is 2. The summed E-state index contributed by atoms with van der Waals surface area (Å²) in [5.41, 5.74) is 5.51. The average molecular weight is 217 g/mol. The van der Waals surface area contributed by atoms with Crippen LogP contribution in [0.25, 0.3) is 5.52 Å². The van der Waals surface area contributed by atoms with Gasteiger partial charge in [-0.3, -0.25) is 0 Å². The van der Waals surface area contributed by atoms with Crippen LogP contribution in [-0.2, 0) is 6.54 Å². The number of hydrogen-bond acceptors (Lipinski definition) is 0. The summed E-state index contributed by atoms with van der Waals surface area (Å²) < 4.78 is 3.26. The monoisotopic (exact) mass is 217 g/mol. The lowest BCUT2D eigenvalue weighted by Crippen LogP contribution is -2.33. The van der Waals surface area contributed by atoms with Crippen LogP contribution in [0.4, 0.5) is 0 Å². The van der Waals surface area contributed by atoms with Gasteiger partial charge in [0, 0.05) is 17.5 Å². The van der Waals surface area contributed by atoms with Gasteiger partial charge in [-0.1, -0.05) is 6.07 Å². The summed E-state index contributed by atoms with van der Waals surface area (Å²) in [6, 6.07) is 6.62. The third-order valence-corrected chi connectivity index (χ3v) is 2.91. The van der Waals surface area contributed by atoms with Crippen molar-refractivity contribution >= 4 is 5.52 Å². The molecular formula is C14H21N2+. The molecule has 0 aliphatic rings. The Hall–Kier alpha value is -1.28. The molecule has 0 bridgehead atoms. The SMILES string of the molecule is Cc1cccn2c(C)cc(C[N+](C)(C)C)c12. The highest BCUT2D eigenvalue weighted by Crippen LogP contribution is 2.22. The topological polar surface area (TPSA) is 4.41 Å². The molecule has 0 aliphatic carbocycles. The normalized spacial score (nSPS) is 12.3. The van der Waals surface area contributed by atoms with Gasteiger partial charge in [-0.05, 0) is 31.5 Å². The van der Waals surface area contributed by atoms with Crippen LogP contribution in [0.1, 0.15) is 16.8 Å². The highest BCUT2D eigenvalue weighted by Gasteiger charge is 2.15. The maximum Gasteiger partial charge on any atom is 0.106 e. The van der Waals surface area contributed by atoms with Crippen molar-refractivity contribution in [3.63, 3.8) is 0 Å². The molecular weight excluding hydrogens is 196 g/mol. The van der Waals surface area contributed by atoms with Crippen LogP contribution >= 0.6 is 0 Å². The van der Waals surface area contributed by atoms with Gasteiger partial charge in [-0.2, -0.15) is 0 Å². The minimum absolute atomic E-state index is 0.966.